The van der Waals surface area contributed by atoms with E-state index in [4.69, 9.17) is 0 Å². The number of aromatic nitrogens is 2. The van der Waals surface area contributed by atoms with Crippen molar-refractivity contribution in [3.05, 3.63) is 39.3 Å². The van der Waals surface area contributed by atoms with Crippen LogP contribution in [0.4, 0.5) is 0 Å². The molecule has 0 saturated carbocycles. The van der Waals surface area contributed by atoms with E-state index in [2.05, 4.69) is 25.0 Å². The Morgan fingerprint density at radius 2 is 2.25 bits per heavy atom. The summed E-state index contributed by atoms with van der Waals surface area (Å²) in [5, 5.41) is 14.3. The predicted molar refractivity (Wildman–Crippen MR) is 65.7 cm³/mol. The van der Waals surface area contributed by atoms with Crippen molar-refractivity contribution in [3.63, 3.8) is 0 Å². The summed E-state index contributed by atoms with van der Waals surface area (Å²) < 4.78 is 1.76. The van der Waals surface area contributed by atoms with Crippen molar-refractivity contribution in [2.45, 2.75) is 26.4 Å². The third kappa shape index (κ3) is 2.33. The summed E-state index contributed by atoms with van der Waals surface area (Å²) in [6, 6.07) is 4.00. The number of rotatable bonds is 3. The van der Waals surface area contributed by atoms with Crippen LogP contribution in [-0.4, -0.2) is 14.9 Å². The summed E-state index contributed by atoms with van der Waals surface area (Å²) in [4.78, 5) is 2.30. The van der Waals surface area contributed by atoms with E-state index in [1.165, 1.54) is 10.4 Å². The monoisotopic (exact) mass is 236 g/mol. The van der Waals surface area contributed by atoms with E-state index in [0.29, 0.717) is 6.42 Å². The highest BCUT2D eigenvalue weighted by molar-refractivity contribution is 7.12. The van der Waals surface area contributed by atoms with Gasteiger partial charge in [-0.05, 0) is 31.5 Å². The second kappa shape index (κ2) is 4.39. The van der Waals surface area contributed by atoms with Crippen LogP contribution in [-0.2, 0) is 13.5 Å². The van der Waals surface area contributed by atoms with Crippen molar-refractivity contribution in [1.82, 2.24) is 9.78 Å². The van der Waals surface area contributed by atoms with Crippen molar-refractivity contribution >= 4 is 11.3 Å². The maximum atomic E-state index is 10.1. The zero-order valence-electron chi connectivity index (χ0n) is 9.77. The van der Waals surface area contributed by atoms with Gasteiger partial charge in [-0.15, -0.1) is 11.3 Å². The maximum absolute atomic E-state index is 10.1. The molecule has 1 N–H and O–H groups in total. The SMILES string of the molecule is Cc1cc(C(O)Cc2ccn(C)n2)sc1C. The van der Waals surface area contributed by atoms with Gasteiger partial charge in [0.2, 0.25) is 0 Å². The second-order valence-electron chi connectivity index (χ2n) is 4.09. The zero-order chi connectivity index (χ0) is 11.7. The third-order valence-corrected chi connectivity index (χ3v) is 3.94. The number of aliphatic hydroxyl groups excluding tert-OH is 1. The minimum Gasteiger partial charge on any atom is -0.387 e. The van der Waals surface area contributed by atoms with E-state index in [-0.39, 0.29) is 0 Å². The Labute approximate surface area is 99.4 Å². The molecule has 0 bridgehead atoms. The average Bonchev–Trinajstić information content (AvgIpc) is 2.75. The maximum Gasteiger partial charge on any atom is 0.0938 e. The molecule has 4 heteroatoms. The van der Waals surface area contributed by atoms with E-state index in [1.54, 1.807) is 16.0 Å². The molecule has 2 heterocycles. The molecule has 0 aliphatic carbocycles. The van der Waals surface area contributed by atoms with Crippen molar-refractivity contribution in [1.29, 1.82) is 0 Å². The van der Waals surface area contributed by atoms with Gasteiger partial charge in [0.1, 0.15) is 0 Å². The van der Waals surface area contributed by atoms with Crippen LogP contribution >= 0.6 is 11.3 Å². The molecule has 0 radical (unpaired) electrons. The summed E-state index contributed by atoms with van der Waals surface area (Å²) in [7, 11) is 1.88. The number of hydrogen-bond acceptors (Lipinski definition) is 3. The molecule has 2 aromatic heterocycles. The topological polar surface area (TPSA) is 38.0 Å². The molecular weight excluding hydrogens is 220 g/mol. The first-order chi connectivity index (χ1) is 7.56. The van der Waals surface area contributed by atoms with Gasteiger partial charge in [-0.25, -0.2) is 0 Å². The smallest absolute Gasteiger partial charge is 0.0938 e. The highest BCUT2D eigenvalue weighted by atomic mass is 32.1. The fraction of sp³-hybridized carbons (Fsp3) is 0.417. The molecule has 0 fully saturated rings. The molecule has 1 atom stereocenters. The first kappa shape index (κ1) is 11.4. The molecule has 2 rings (SSSR count). The fourth-order valence-electron chi connectivity index (χ4n) is 1.64. The van der Waals surface area contributed by atoms with Crippen LogP contribution in [0.3, 0.4) is 0 Å². The third-order valence-electron chi connectivity index (χ3n) is 2.68. The number of aliphatic hydroxyl groups is 1. The molecule has 0 amide bonds. The van der Waals surface area contributed by atoms with E-state index in [9.17, 15) is 5.11 Å². The number of hydrogen-bond donors (Lipinski definition) is 1. The Balaban J connectivity index is 2.11. The molecule has 0 aliphatic rings. The van der Waals surface area contributed by atoms with Gasteiger partial charge >= 0.3 is 0 Å². The first-order valence-corrected chi connectivity index (χ1v) is 6.11. The van der Waals surface area contributed by atoms with E-state index in [0.717, 1.165) is 10.6 Å². The summed E-state index contributed by atoms with van der Waals surface area (Å²) in [5.74, 6) is 0. The van der Waals surface area contributed by atoms with Gasteiger partial charge < -0.3 is 5.11 Å². The number of aryl methyl sites for hydroxylation is 3. The van der Waals surface area contributed by atoms with Gasteiger partial charge in [0.15, 0.2) is 0 Å². The van der Waals surface area contributed by atoms with Crippen molar-refractivity contribution in [2.75, 3.05) is 0 Å². The van der Waals surface area contributed by atoms with Gasteiger partial charge in [-0.1, -0.05) is 0 Å². The summed E-state index contributed by atoms with van der Waals surface area (Å²) in [6.07, 6.45) is 2.04. The quantitative estimate of drug-likeness (QED) is 0.888. The zero-order valence-corrected chi connectivity index (χ0v) is 10.6. The number of nitrogens with zero attached hydrogens (tertiary/aromatic N) is 2. The summed E-state index contributed by atoms with van der Waals surface area (Å²) in [5.41, 5.74) is 2.18. The molecule has 0 saturated heterocycles. The van der Waals surface area contributed by atoms with Crippen molar-refractivity contribution in [3.8, 4) is 0 Å². The van der Waals surface area contributed by atoms with Gasteiger partial charge in [-0.3, -0.25) is 4.68 Å². The fourth-order valence-corrected chi connectivity index (χ4v) is 2.67. The Kier molecular flexibility index (Phi) is 3.12. The van der Waals surface area contributed by atoms with Crippen LogP contribution in [0, 0.1) is 13.8 Å². The molecule has 0 aliphatic heterocycles. The lowest BCUT2D eigenvalue weighted by Crippen LogP contribution is -2.01. The minimum absolute atomic E-state index is 0.438. The van der Waals surface area contributed by atoms with Crippen molar-refractivity contribution in [2.24, 2.45) is 7.05 Å². The van der Waals surface area contributed by atoms with Gasteiger partial charge in [0, 0.05) is 29.4 Å². The second-order valence-corrected chi connectivity index (χ2v) is 5.38. The standard InChI is InChI=1S/C12H16N2OS/c1-8-6-12(16-9(8)2)11(15)7-10-4-5-14(3)13-10/h4-6,11,15H,7H2,1-3H3. The molecule has 16 heavy (non-hydrogen) atoms. The van der Waals surface area contributed by atoms with Crippen LogP contribution in [0.2, 0.25) is 0 Å². The van der Waals surface area contributed by atoms with Gasteiger partial charge in [-0.2, -0.15) is 5.10 Å². The Morgan fingerprint density at radius 3 is 2.75 bits per heavy atom. The Hall–Kier alpha value is -1.13. The van der Waals surface area contributed by atoms with Crippen LogP contribution in [0.1, 0.15) is 27.1 Å². The van der Waals surface area contributed by atoms with E-state index < -0.39 is 6.10 Å². The van der Waals surface area contributed by atoms with Crippen LogP contribution in [0.5, 0.6) is 0 Å². The highest BCUT2D eigenvalue weighted by Gasteiger charge is 2.13. The number of thiophene rings is 1. The molecule has 3 nitrogen and oxygen atoms in total. The largest absolute Gasteiger partial charge is 0.387 e. The molecular formula is C12H16N2OS. The van der Waals surface area contributed by atoms with E-state index in [1.807, 2.05) is 19.3 Å². The molecule has 0 spiro atoms. The lowest BCUT2D eigenvalue weighted by Gasteiger charge is -2.05. The van der Waals surface area contributed by atoms with Crippen LogP contribution in [0.15, 0.2) is 18.3 Å². The van der Waals surface area contributed by atoms with Crippen LogP contribution < -0.4 is 0 Å². The summed E-state index contributed by atoms with van der Waals surface area (Å²) in [6.45, 7) is 4.15. The average molecular weight is 236 g/mol. The summed E-state index contributed by atoms with van der Waals surface area (Å²) >= 11 is 1.66. The lowest BCUT2D eigenvalue weighted by atomic mass is 10.1. The van der Waals surface area contributed by atoms with Crippen molar-refractivity contribution < 1.29 is 5.11 Å². The molecule has 0 aromatic carbocycles. The van der Waals surface area contributed by atoms with E-state index >= 15 is 0 Å². The normalized spacial score (nSPS) is 13.0. The Bertz CT molecular complexity index is 467. The van der Waals surface area contributed by atoms with Gasteiger partial charge in [0.05, 0.1) is 11.8 Å². The van der Waals surface area contributed by atoms with Crippen LogP contribution in [0.25, 0.3) is 0 Å². The molecule has 86 valence electrons. The Morgan fingerprint density at radius 1 is 1.50 bits per heavy atom. The van der Waals surface area contributed by atoms with Gasteiger partial charge in [0.25, 0.3) is 0 Å². The molecule has 2 aromatic rings. The lowest BCUT2D eigenvalue weighted by molar-refractivity contribution is 0.181. The first-order valence-electron chi connectivity index (χ1n) is 5.30. The predicted octanol–water partition coefficient (Wildman–Crippen LogP) is 2.37. The highest BCUT2D eigenvalue weighted by Crippen LogP contribution is 2.28. The molecule has 1 unspecified atom stereocenters. The minimum atomic E-state index is -0.438.